The van der Waals surface area contributed by atoms with E-state index in [4.69, 9.17) is 14.2 Å². The van der Waals surface area contributed by atoms with Gasteiger partial charge in [0.05, 0.1) is 10.7 Å². The van der Waals surface area contributed by atoms with Crippen LogP contribution in [-0.2, 0) is 18.0 Å². The van der Waals surface area contributed by atoms with Crippen molar-refractivity contribution in [2.45, 2.75) is 13.2 Å². The van der Waals surface area contributed by atoms with E-state index in [1.54, 1.807) is 48.5 Å². The third-order valence-corrected chi connectivity index (χ3v) is 6.36. The molecule has 0 fully saturated rings. The van der Waals surface area contributed by atoms with Gasteiger partial charge in [0.2, 0.25) is 0 Å². The number of anilines is 1. The van der Waals surface area contributed by atoms with Gasteiger partial charge >= 0.3 is 0 Å². The molecule has 0 heterocycles. The van der Waals surface area contributed by atoms with Gasteiger partial charge in [0.1, 0.15) is 36.4 Å². The van der Waals surface area contributed by atoms with Crippen LogP contribution in [0.4, 0.5) is 10.1 Å². The molecule has 0 aliphatic heterocycles. The molecule has 0 bridgehead atoms. The summed E-state index contributed by atoms with van der Waals surface area (Å²) in [6.45, 7) is 0.589. The number of carbonyl (C=O) groups is 1. The molecule has 0 unspecified atom stereocenters. The van der Waals surface area contributed by atoms with Crippen LogP contribution in [-0.4, -0.2) is 13.0 Å². The van der Waals surface area contributed by atoms with Crippen LogP contribution < -0.4 is 19.5 Å². The fourth-order valence-corrected chi connectivity index (χ4v) is 4.42. The molecule has 0 aliphatic carbocycles. The van der Waals surface area contributed by atoms with Crippen LogP contribution in [0.15, 0.2) is 96.6 Å². The predicted molar refractivity (Wildman–Crippen MR) is 156 cm³/mol. The Morgan fingerprint density at radius 3 is 2.36 bits per heavy atom. The lowest BCUT2D eigenvalue weighted by Crippen LogP contribution is -2.13. The van der Waals surface area contributed by atoms with E-state index >= 15 is 0 Å². The van der Waals surface area contributed by atoms with Gasteiger partial charge < -0.3 is 19.5 Å². The first-order valence-electron chi connectivity index (χ1n) is 11.9. The molecule has 1 N–H and O–H groups in total. The van der Waals surface area contributed by atoms with Crippen LogP contribution in [0.3, 0.4) is 0 Å². The minimum Gasteiger partial charge on any atom is -0.493 e. The number of rotatable bonds is 10. The minimum atomic E-state index is -0.546. The first kappa shape index (κ1) is 27.7. The number of nitrogens with one attached hydrogen (secondary N) is 1. The summed E-state index contributed by atoms with van der Waals surface area (Å²) < 4.78 is 31.3. The van der Waals surface area contributed by atoms with Gasteiger partial charge in [0.25, 0.3) is 5.91 Å². The maximum absolute atomic E-state index is 13.5. The maximum Gasteiger partial charge on any atom is 0.266 e. The van der Waals surface area contributed by atoms with Crippen molar-refractivity contribution in [1.29, 1.82) is 5.26 Å². The number of ether oxygens (including phenoxy) is 3. The van der Waals surface area contributed by atoms with Crippen LogP contribution in [0.1, 0.15) is 16.7 Å². The Kier molecular flexibility index (Phi) is 9.53. The van der Waals surface area contributed by atoms with Gasteiger partial charge in [0.15, 0.2) is 11.5 Å². The molecular weight excluding hydrogens is 610 g/mol. The van der Waals surface area contributed by atoms with Crippen LogP contribution >= 0.6 is 22.6 Å². The Bertz CT molecular complexity index is 1520. The van der Waals surface area contributed by atoms with Crippen molar-refractivity contribution in [2.24, 2.45) is 0 Å². The molecule has 0 radical (unpaired) electrons. The molecule has 8 heteroatoms. The van der Waals surface area contributed by atoms with Gasteiger partial charge in [-0.2, -0.15) is 5.26 Å². The maximum atomic E-state index is 13.5. The van der Waals surface area contributed by atoms with Gasteiger partial charge in [-0.15, -0.1) is 0 Å². The van der Waals surface area contributed by atoms with Gasteiger partial charge in [0, 0.05) is 5.69 Å². The zero-order valence-corrected chi connectivity index (χ0v) is 23.1. The van der Waals surface area contributed by atoms with Crippen molar-refractivity contribution in [3.63, 3.8) is 0 Å². The van der Waals surface area contributed by atoms with Crippen molar-refractivity contribution in [1.82, 2.24) is 0 Å². The van der Waals surface area contributed by atoms with Gasteiger partial charge in [-0.1, -0.05) is 42.5 Å². The Labute approximate surface area is 239 Å². The summed E-state index contributed by atoms with van der Waals surface area (Å²) in [5.41, 5.74) is 2.77. The Hall–Kier alpha value is -4.36. The molecule has 196 valence electrons. The summed E-state index contributed by atoms with van der Waals surface area (Å²) in [6.07, 6.45) is 1.48. The molecule has 0 atom stereocenters. The fourth-order valence-electron chi connectivity index (χ4n) is 3.63. The van der Waals surface area contributed by atoms with E-state index in [2.05, 4.69) is 27.9 Å². The van der Waals surface area contributed by atoms with Gasteiger partial charge in [-0.05, 0) is 93.9 Å². The van der Waals surface area contributed by atoms with E-state index in [0.29, 0.717) is 44.2 Å². The van der Waals surface area contributed by atoms with Crippen molar-refractivity contribution in [2.75, 3.05) is 12.4 Å². The number of methoxy groups -OCH3 is 1. The van der Waals surface area contributed by atoms with Crippen molar-refractivity contribution >= 4 is 40.3 Å². The van der Waals surface area contributed by atoms with E-state index in [-0.39, 0.29) is 18.0 Å². The van der Waals surface area contributed by atoms with Crippen molar-refractivity contribution < 1.29 is 23.4 Å². The fraction of sp³-hybridized carbons (Fsp3) is 0.0968. The van der Waals surface area contributed by atoms with E-state index in [1.807, 2.05) is 36.4 Å². The number of benzene rings is 4. The van der Waals surface area contributed by atoms with Crippen molar-refractivity contribution in [3.05, 3.63) is 123 Å². The molecule has 0 saturated heterocycles. The summed E-state index contributed by atoms with van der Waals surface area (Å²) in [5, 5.41) is 12.4. The number of nitriles is 1. The summed E-state index contributed by atoms with van der Waals surface area (Å²) in [7, 11) is 1.50. The zero-order valence-electron chi connectivity index (χ0n) is 21.0. The summed E-state index contributed by atoms with van der Waals surface area (Å²) >= 11 is 2.09. The average Bonchev–Trinajstić information content (AvgIpc) is 2.95. The third-order valence-electron chi connectivity index (χ3n) is 5.56. The van der Waals surface area contributed by atoms with E-state index < -0.39 is 5.91 Å². The minimum absolute atomic E-state index is 0.0781. The standard InChI is InChI=1S/C31H24FIN2O4/c1-37-29-17-23(16-28(33)30(29)39-20-22-8-5-9-25(32)15-22)14-24(18-34)31(36)35-26-10-12-27(13-11-26)38-19-21-6-3-2-4-7-21/h2-17H,19-20H2,1H3,(H,35,36)/b24-14+. The topological polar surface area (TPSA) is 80.6 Å². The number of nitrogens with zero attached hydrogens (tertiary/aromatic N) is 1. The molecule has 0 spiro atoms. The first-order chi connectivity index (χ1) is 18.9. The molecule has 0 aliphatic rings. The summed E-state index contributed by atoms with van der Waals surface area (Å²) in [4.78, 5) is 12.8. The number of halogens is 2. The van der Waals surface area contributed by atoms with Crippen LogP contribution in [0.25, 0.3) is 6.08 Å². The lowest BCUT2D eigenvalue weighted by atomic mass is 10.1. The molecule has 1 amide bonds. The van der Waals surface area contributed by atoms with Crippen molar-refractivity contribution in [3.8, 4) is 23.3 Å². The molecule has 4 rings (SSSR count). The lowest BCUT2D eigenvalue weighted by molar-refractivity contribution is -0.112. The number of hydrogen-bond donors (Lipinski definition) is 1. The van der Waals surface area contributed by atoms with Gasteiger partial charge in [-0.3, -0.25) is 4.79 Å². The average molecular weight is 634 g/mol. The highest BCUT2D eigenvalue weighted by Gasteiger charge is 2.15. The predicted octanol–water partition coefficient (Wildman–Crippen LogP) is 7.14. The molecule has 4 aromatic carbocycles. The van der Waals surface area contributed by atoms with Crippen LogP contribution in [0, 0.1) is 20.7 Å². The second kappa shape index (κ2) is 13.4. The first-order valence-corrected chi connectivity index (χ1v) is 13.0. The molecule has 6 nitrogen and oxygen atoms in total. The van der Waals surface area contributed by atoms with Crippen LogP contribution in [0.2, 0.25) is 0 Å². The molecule has 0 aromatic heterocycles. The largest absolute Gasteiger partial charge is 0.493 e. The summed E-state index contributed by atoms with van der Waals surface area (Å²) in [5.74, 6) is 0.684. The van der Waals surface area contributed by atoms with Crippen LogP contribution in [0.5, 0.6) is 17.2 Å². The third kappa shape index (κ3) is 7.82. The van der Waals surface area contributed by atoms with E-state index in [9.17, 15) is 14.4 Å². The Morgan fingerprint density at radius 1 is 0.949 bits per heavy atom. The molecule has 0 saturated carbocycles. The normalized spacial score (nSPS) is 10.9. The number of carbonyl (C=O) groups excluding carboxylic acids is 1. The second-order valence-corrected chi connectivity index (χ2v) is 9.54. The van der Waals surface area contributed by atoms with E-state index in [1.165, 1.54) is 25.3 Å². The highest BCUT2D eigenvalue weighted by Crippen LogP contribution is 2.35. The highest BCUT2D eigenvalue weighted by atomic mass is 127. The quantitative estimate of drug-likeness (QED) is 0.114. The van der Waals surface area contributed by atoms with E-state index in [0.717, 1.165) is 5.56 Å². The SMILES string of the molecule is COc1cc(/C=C(\C#N)C(=O)Nc2ccc(OCc3ccccc3)cc2)cc(I)c1OCc1cccc(F)c1. The summed E-state index contributed by atoms with van der Waals surface area (Å²) in [6, 6.07) is 28.3. The second-order valence-electron chi connectivity index (χ2n) is 8.38. The monoisotopic (exact) mass is 634 g/mol. The Balaban J connectivity index is 1.42. The lowest BCUT2D eigenvalue weighted by Gasteiger charge is -2.14. The number of hydrogen-bond acceptors (Lipinski definition) is 5. The zero-order chi connectivity index (χ0) is 27.6. The molecule has 4 aromatic rings. The Morgan fingerprint density at radius 2 is 1.67 bits per heavy atom. The number of amides is 1. The molecule has 39 heavy (non-hydrogen) atoms. The van der Waals surface area contributed by atoms with Gasteiger partial charge in [-0.25, -0.2) is 4.39 Å². The molecular formula is C31H24FIN2O4. The highest BCUT2D eigenvalue weighted by molar-refractivity contribution is 14.1. The smallest absolute Gasteiger partial charge is 0.266 e.